The molecule has 0 fully saturated rings. The summed E-state index contributed by atoms with van der Waals surface area (Å²) in [5.41, 5.74) is 1.83. The van der Waals surface area contributed by atoms with Crippen LogP contribution in [0.5, 0.6) is 0 Å². The van der Waals surface area contributed by atoms with Gasteiger partial charge in [-0.15, -0.1) is 0 Å². The largest absolute Gasteiger partial charge is 0.339 e. The van der Waals surface area contributed by atoms with Gasteiger partial charge in [-0.2, -0.15) is 5.26 Å². The number of nitrogens with zero attached hydrogens (tertiary/aromatic N) is 1. The molecule has 0 spiro atoms. The molecule has 3 heteroatoms. The first-order valence-corrected chi connectivity index (χ1v) is 5.37. The summed E-state index contributed by atoms with van der Waals surface area (Å²) in [5.74, 6) is 0.413. The predicted octanol–water partition coefficient (Wildman–Crippen LogP) is 2.14. The molecule has 0 heterocycles. The smallest absolute Gasteiger partial charge is 0.252 e. The maximum Gasteiger partial charge on any atom is 0.252 e. The molecule has 0 bridgehead atoms. The van der Waals surface area contributed by atoms with Gasteiger partial charge in [-0.1, -0.05) is 26.0 Å². The molecule has 0 saturated heterocycles. The SMILES string of the molecule is CC(C)Cc1ccc(C(=O)NCC#N)cc1. The molecule has 16 heavy (non-hydrogen) atoms. The van der Waals surface area contributed by atoms with Crippen molar-refractivity contribution in [2.45, 2.75) is 20.3 Å². The molecule has 1 rings (SSSR count). The Kier molecular flexibility index (Phi) is 4.53. The lowest BCUT2D eigenvalue weighted by Gasteiger charge is -2.06. The van der Waals surface area contributed by atoms with Crippen molar-refractivity contribution < 1.29 is 4.79 Å². The molecular formula is C13H16N2O. The van der Waals surface area contributed by atoms with Gasteiger partial charge in [-0.3, -0.25) is 4.79 Å². The first-order chi connectivity index (χ1) is 7.63. The van der Waals surface area contributed by atoms with E-state index in [1.54, 1.807) is 12.1 Å². The van der Waals surface area contributed by atoms with Crippen molar-refractivity contribution in [2.24, 2.45) is 5.92 Å². The van der Waals surface area contributed by atoms with Crippen LogP contribution in [0, 0.1) is 17.2 Å². The molecule has 84 valence electrons. The molecule has 0 aliphatic heterocycles. The van der Waals surface area contributed by atoms with Gasteiger partial charge in [0.15, 0.2) is 0 Å². The lowest BCUT2D eigenvalue weighted by molar-refractivity contribution is 0.0958. The monoisotopic (exact) mass is 216 g/mol. The zero-order valence-corrected chi connectivity index (χ0v) is 9.66. The van der Waals surface area contributed by atoms with E-state index in [1.807, 2.05) is 18.2 Å². The van der Waals surface area contributed by atoms with E-state index in [1.165, 1.54) is 5.56 Å². The van der Waals surface area contributed by atoms with Gasteiger partial charge in [0.25, 0.3) is 5.91 Å². The Morgan fingerprint density at radius 3 is 2.50 bits per heavy atom. The Labute approximate surface area is 96.1 Å². The third kappa shape index (κ3) is 3.74. The van der Waals surface area contributed by atoms with E-state index in [0.29, 0.717) is 11.5 Å². The number of nitrogens with one attached hydrogen (secondary N) is 1. The predicted molar refractivity (Wildman–Crippen MR) is 62.9 cm³/mol. The molecule has 0 aliphatic carbocycles. The second-order valence-electron chi connectivity index (χ2n) is 4.14. The van der Waals surface area contributed by atoms with Gasteiger partial charge in [0.05, 0.1) is 6.07 Å². The number of rotatable bonds is 4. The van der Waals surface area contributed by atoms with E-state index >= 15 is 0 Å². The zero-order valence-electron chi connectivity index (χ0n) is 9.66. The average Bonchev–Trinajstić information content (AvgIpc) is 2.26. The quantitative estimate of drug-likeness (QED) is 0.784. The molecule has 0 radical (unpaired) electrons. The second-order valence-corrected chi connectivity index (χ2v) is 4.14. The Morgan fingerprint density at radius 1 is 1.38 bits per heavy atom. The van der Waals surface area contributed by atoms with Crippen molar-refractivity contribution in [2.75, 3.05) is 6.54 Å². The van der Waals surface area contributed by atoms with Gasteiger partial charge in [-0.05, 0) is 30.0 Å². The van der Waals surface area contributed by atoms with Crippen LogP contribution in [0.15, 0.2) is 24.3 Å². The van der Waals surface area contributed by atoms with E-state index in [0.717, 1.165) is 6.42 Å². The maximum atomic E-state index is 11.5. The molecule has 0 aromatic heterocycles. The molecular weight excluding hydrogens is 200 g/mol. The minimum atomic E-state index is -0.197. The zero-order chi connectivity index (χ0) is 12.0. The molecule has 3 nitrogen and oxygen atoms in total. The summed E-state index contributed by atoms with van der Waals surface area (Å²) in [6.45, 7) is 4.37. The summed E-state index contributed by atoms with van der Waals surface area (Å²) in [6, 6.07) is 9.39. The van der Waals surface area contributed by atoms with Gasteiger partial charge in [0, 0.05) is 5.56 Å². The van der Waals surface area contributed by atoms with Gasteiger partial charge >= 0.3 is 0 Å². The number of amides is 1. The van der Waals surface area contributed by atoms with E-state index < -0.39 is 0 Å². The lowest BCUT2D eigenvalue weighted by atomic mass is 10.0. The van der Waals surface area contributed by atoms with Crippen LogP contribution >= 0.6 is 0 Å². The fourth-order valence-electron chi connectivity index (χ4n) is 1.49. The highest BCUT2D eigenvalue weighted by Crippen LogP contribution is 2.09. The summed E-state index contributed by atoms with van der Waals surface area (Å²) in [6.07, 6.45) is 1.01. The molecule has 0 aliphatic rings. The van der Waals surface area contributed by atoms with E-state index in [9.17, 15) is 4.79 Å². The molecule has 1 amide bonds. The number of hydrogen-bond donors (Lipinski definition) is 1. The van der Waals surface area contributed by atoms with Crippen molar-refractivity contribution in [3.05, 3.63) is 35.4 Å². The van der Waals surface area contributed by atoms with Crippen molar-refractivity contribution >= 4 is 5.91 Å². The summed E-state index contributed by atoms with van der Waals surface area (Å²) in [7, 11) is 0. The second kappa shape index (κ2) is 5.92. The molecule has 0 atom stereocenters. The van der Waals surface area contributed by atoms with Crippen LogP contribution in [-0.4, -0.2) is 12.5 Å². The van der Waals surface area contributed by atoms with E-state index in [2.05, 4.69) is 19.2 Å². The minimum Gasteiger partial charge on any atom is -0.339 e. The van der Waals surface area contributed by atoms with Crippen LogP contribution < -0.4 is 5.32 Å². The first-order valence-electron chi connectivity index (χ1n) is 5.37. The number of hydrogen-bond acceptors (Lipinski definition) is 2. The lowest BCUT2D eigenvalue weighted by Crippen LogP contribution is -2.23. The normalized spacial score (nSPS) is 9.88. The molecule has 1 aromatic carbocycles. The minimum absolute atomic E-state index is 0.0482. The van der Waals surface area contributed by atoms with Crippen LogP contribution in [0.25, 0.3) is 0 Å². The first kappa shape index (κ1) is 12.3. The summed E-state index contributed by atoms with van der Waals surface area (Å²) in [5, 5.41) is 10.8. The third-order valence-electron chi connectivity index (χ3n) is 2.19. The molecule has 1 N–H and O–H groups in total. The molecule has 0 unspecified atom stereocenters. The van der Waals surface area contributed by atoms with E-state index in [-0.39, 0.29) is 12.5 Å². The van der Waals surface area contributed by atoms with Crippen molar-refractivity contribution in [1.29, 1.82) is 5.26 Å². The fourth-order valence-corrected chi connectivity index (χ4v) is 1.49. The van der Waals surface area contributed by atoms with Crippen molar-refractivity contribution in [3.8, 4) is 6.07 Å². The summed E-state index contributed by atoms with van der Waals surface area (Å²) in [4.78, 5) is 11.5. The van der Waals surface area contributed by atoms with Crippen LogP contribution in [0.1, 0.15) is 29.8 Å². The van der Waals surface area contributed by atoms with Gasteiger partial charge in [0.1, 0.15) is 6.54 Å². The van der Waals surface area contributed by atoms with Crippen LogP contribution in [0.4, 0.5) is 0 Å². The van der Waals surface area contributed by atoms with Gasteiger partial charge < -0.3 is 5.32 Å². The number of carbonyl (C=O) groups excluding carboxylic acids is 1. The van der Waals surface area contributed by atoms with Crippen LogP contribution in [0.2, 0.25) is 0 Å². The van der Waals surface area contributed by atoms with Crippen LogP contribution in [0.3, 0.4) is 0 Å². The van der Waals surface area contributed by atoms with Crippen molar-refractivity contribution in [1.82, 2.24) is 5.32 Å². The van der Waals surface area contributed by atoms with Crippen LogP contribution in [-0.2, 0) is 6.42 Å². The van der Waals surface area contributed by atoms with E-state index in [4.69, 9.17) is 5.26 Å². The number of benzene rings is 1. The summed E-state index contributed by atoms with van der Waals surface area (Å²) >= 11 is 0. The Hall–Kier alpha value is -1.82. The Morgan fingerprint density at radius 2 is 2.00 bits per heavy atom. The maximum absolute atomic E-state index is 11.5. The highest BCUT2D eigenvalue weighted by atomic mass is 16.1. The molecule has 1 aromatic rings. The number of carbonyl (C=O) groups is 1. The highest BCUT2D eigenvalue weighted by Gasteiger charge is 2.04. The number of nitriles is 1. The van der Waals surface area contributed by atoms with Crippen molar-refractivity contribution in [3.63, 3.8) is 0 Å². The van der Waals surface area contributed by atoms with Gasteiger partial charge in [-0.25, -0.2) is 0 Å². The standard InChI is InChI=1S/C13H16N2O/c1-10(2)9-11-3-5-12(6-4-11)13(16)15-8-7-14/h3-6,10H,8-9H2,1-2H3,(H,15,16). The molecule has 0 saturated carbocycles. The van der Waals surface area contributed by atoms with Gasteiger partial charge in [0.2, 0.25) is 0 Å². The average molecular weight is 216 g/mol. The summed E-state index contributed by atoms with van der Waals surface area (Å²) < 4.78 is 0. The highest BCUT2D eigenvalue weighted by molar-refractivity contribution is 5.94. The Balaban J connectivity index is 2.64. The Bertz CT molecular complexity index is 387. The topological polar surface area (TPSA) is 52.9 Å². The third-order valence-corrected chi connectivity index (χ3v) is 2.19. The fraction of sp³-hybridized carbons (Fsp3) is 0.385.